The van der Waals surface area contributed by atoms with Crippen LogP contribution in [0.4, 0.5) is 5.69 Å². The maximum atomic E-state index is 12.6. The molecule has 1 atom stereocenters. The molecule has 3 rings (SSSR count). The van der Waals surface area contributed by atoms with Crippen molar-refractivity contribution in [3.05, 3.63) is 65.0 Å². The molecule has 0 unspecified atom stereocenters. The molecular formula is C20H21ClN4O4S. The standard InChI is InChI=1S/C20H21ClN4O4S/c1-13-8-10-15(11-9-13)25(30(3,27)28)14(2)20(26)22-12-18-23-19(24-29-18)16-6-4-5-7-17(16)21/h4-11,14H,12H2,1-3H3,(H,22,26)/t14-/m0/s1. The molecule has 1 aromatic heterocycles. The minimum Gasteiger partial charge on any atom is -0.345 e. The monoisotopic (exact) mass is 448 g/mol. The third kappa shape index (κ3) is 4.98. The van der Waals surface area contributed by atoms with Crippen LogP contribution in [0.2, 0.25) is 5.02 Å². The Labute approximate surface area is 179 Å². The molecule has 0 spiro atoms. The van der Waals surface area contributed by atoms with Crippen molar-refractivity contribution in [1.82, 2.24) is 15.5 Å². The summed E-state index contributed by atoms with van der Waals surface area (Å²) in [6.07, 6.45) is 1.06. The van der Waals surface area contributed by atoms with Crippen LogP contribution >= 0.6 is 11.6 Å². The topological polar surface area (TPSA) is 105 Å². The smallest absolute Gasteiger partial charge is 0.246 e. The number of sulfonamides is 1. The number of hydrogen-bond acceptors (Lipinski definition) is 6. The number of anilines is 1. The Hall–Kier alpha value is -2.91. The highest BCUT2D eigenvalue weighted by molar-refractivity contribution is 7.92. The lowest BCUT2D eigenvalue weighted by Gasteiger charge is -2.28. The molecule has 1 amide bonds. The third-order valence-electron chi connectivity index (χ3n) is 4.37. The fourth-order valence-electron chi connectivity index (χ4n) is 2.89. The molecule has 1 N–H and O–H groups in total. The minimum absolute atomic E-state index is 0.0495. The highest BCUT2D eigenvalue weighted by Gasteiger charge is 2.29. The second-order valence-electron chi connectivity index (χ2n) is 6.78. The largest absolute Gasteiger partial charge is 0.345 e. The lowest BCUT2D eigenvalue weighted by molar-refractivity contribution is -0.122. The quantitative estimate of drug-likeness (QED) is 0.595. The van der Waals surface area contributed by atoms with Crippen LogP contribution in [0.15, 0.2) is 53.1 Å². The van der Waals surface area contributed by atoms with Gasteiger partial charge in [0.25, 0.3) is 0 Å². The number of nitrogens with one attached hydrogen (secondary N) is 1. The van der Waals surface area contributed by atoms with Gasteiger partial charge >= 0.3 is 0 Å². The highest BCUT2D eigenvalue weighted by Crippen LogP contribution is 2.25. The molecule has 2 aromatic carbocycles. The Morgan fingerprint density at radius 3 is 2.50 bits per heavy atom. The fourth-order valence-corrected chi connectivity index (χ4v) is 4.28. The summed E-state index contributed by atoms with van der Waals surface area (Å²) in [4.78, 5) is 16.9. The zero-order chi connectivity index (χ0) is 21.9. The first-order valence-corrected chi connectivity index (χ1v) is 11.3. The average Bonchev–Trinajstić information content (AvgIpc) is 3.16. The van der Waals surface area contributed by atoms with E-state index in [0.717, 1.165) is 16.1 Å². The first-order valence-electron chi connectivity index (χ1n) is 9.08. The van der Waals surface area contributed by atoms with Gasteiger partial charge in [0.2, 0.25) is 27.6 Å². The van der Waals surface area contributed by atoms with Crippen molar-refractivity contribution >= 4 is 33.2 Å². The van der Waals surface area contributed by atoms with Crippen molar-refractivity contribution in [2.45, 2.75) is 26.4 Å². The Bertz CT molecular complexity index is 1150. The van der Waals surface area contributed by atoms with Crippen molar-refractivity contribution in [3.8, 4) is 11.4 Å². The number of aromatic nitrogens is 2. The molecule has 0 aliphatic rings. The van der Waals surface area contributed by atoms with E-state index < -0.39 is 22.0 Å². The molecule has 10 heteroatoms. The molecule has 0 saturated heterocycles. The number of hydrogen-bond donors (Lipinski definition) is 1. The molecule has 3 aromatic rings. The molecule has 1 heterocycles. The number of amides is 1. The van der Waals surface area contributed by atoms with Crippen molar-refractivity contribution < 1.29 is 17.7 Å². The molecule has 0 aliphatic heterocycles. The van der Waals surface area contributed by atoms with E-state index in [1.807, 2.05) is 6.92 Å². The minimum atomic E-state index is -3.69. The van der Waals surface area contributed by atoms with E-state index in [2.05, 4.69) is 15.5 Å². The molecule has 0 bridgehead atoms. The van der Waals surface area contributed by atoms with Crippen molar-refractivity contribution in [2.24, 2.45) is 0 Å². The summed E-state index contributed by atoms with van der Waals surface area (Å²) in [6, 6.07) is 13.0. The van der Waals surface area contributed by atoms with Gasteiger partial charge in [0, 0.05) is 5.56 Å². The summed E-state index contributed by atoms with van der Waals surface area (Å²) in [6.45, 7) is 3.36. The van der Waals surface area contributed by atoms with Crippen LogP contribution in [0.1, 0.15) is 18.4 Å². The van der Waals surface area contributed by atoms with E-state index in [-0.39, 0.29) is 12.4 Å². The zero-order valence-electron chi connectivity index (χ0n) is 16.7. The first-order chi connectivity index (χ1) is 14.2. The molecule has 30 heavy (non-hydrogen) atoms. The molecule has 0 fully saturated rings. The van der Waals surface area contributed by atoms with Crippen LogP contribution in [0.5, 0.6) is 0 Å². The van der Waals surface area contributed by atoms with Crippen LogP contribution < -0.4 is 9.62 Å². The molecule has 0 saturated carbocycles. The van der Waals surface area contributed by atoms with Crippen molar-refractivity contribution in [1.29, 1.82) is 0 Å². The summed E-state index contributed by atoms with van der Waals surface area (Å²) in [5.41, 5.74) is 2.00. The van der Waals surface area contributed by atoms with Crippen LogP contribution in [0.3, 0.4) is 0 Å². The number of halogens is 1. The number of carbonyl (C=O) groups is 1. The maximum Gasteiger partial charge on any atom is 0.246 e. The lowest BCUT2D eigenvalue weighted by Crippen LogP contribution is -2.47. The summed E-state index contributed by atoms with van der Waals surface area (Å²) >= 11 is 6.13. The van der Waals surface area contributed by atoms with E-state index in [4.69, 9.17) is 16.1 Å². The number of benzene rings is 2. The zero-order valence-corrected chi connectivity index (χ0v) is 18.2. The summed E-state index contributed by atoms with van der Waals surface area (Å²) < 4.78 is 30.9. The van der Waals surface area contributed by atoms with Gasteiger partial charge in [0.15, 0.2) is 0 Å². The second-order valence-corrected chi connectivity index (χ2v) is 9.05. The summed E-state index contributed by atoms with van der Waals surface area (Å²) in [5, 5.41) is 6.99. The van der Waals surface area contributed by atoms with E-state index in [1.165, 1.54) is 6.92 Å². The predicted octanol–water partition coefficient (Wildman–Crippen LogP) is 3.17. The van der Waals surface area contributed by atoms with Gasteiger partial charge < -0.3 is 9.84 Å². The van der Waals surface area contributed by atoms with Gasteiger partial charge in [-0.1, -0.05) is 46.6 Å². The normalized spacial score (nSPS) is 12.4. The number of nitrogens with zero attached hydrogens (tertiary/aromatic N) is 3. The Morgan fingerprint density at radius 1 is 1.20 bits per heavy atom. The van der Waals surface area contributed by atoms with Crippen molar-refractivity contribution in [3.63, 3.8) is 0 Å². The predicted molar refractivity (Wildman–Crippen MR) is 115 cm³/mol. The number of carbonyl (C=O) groups excluding carboxylic acids is 1. The highest BCUT2D eigenvalue weighted by atomic mass is 35.5. The van der Waals surface area contributed by atoms with Gasteiger partial charge in [-0.3, -0.25) is 9.10 Å². The second kappa shape index (κ2) is 8.85. The van der Waals surface area contributed by atoms with Crippen molar-refractivity contribution in [2.75, 3.05) is 10.6 Å². The SMILES string of the molecule is Cc1ccc(N([C@@H](C)C(=O)NCc2nc(-c3ccccc3Cl)no2)S(C)(=O)=O)cc1. The van der Waals surface area contributed by atoms with Gasteiger partial charge in [-0.25, -0.2) is 8.42 Å². The first kappa shape index (κ1) is 21.8. The Balaban J connectivity index is 1.72. The third-order valence-corrected chi connectivity index (χ3v) is 5.94. The maximum absolute atomic E-state index is 12.6. The Morgan fingerprint density at radius 2 is 1.87 bits per heavy atom. The molecule has 0 radical (unpaired) electrons. The van der Waals surface area contributed by atoms with Gasteiger partial charge in [0.1, 0.15) is 6.04 Å². The van der Waals surface area contributed by atoms with Crippen LogP contribution in [0.25, 0.3) is 11.4 Å². The number of aryl methyl sites for hydroxylation is 1. The van der Waals surface area contributed by atoms with Crippen LogP contribution in [-0.2, 0) is 21.4 Å². The summed E-state index contributed by atoms with van der Waals surface area (Å²) in [7, 11) is -3.69. The van der Waals surface area contributed by atoms with Gasteiger partial charge in [-0.05, 0) is 38.1 Å². The van der Waals surface area contributed by atoms with E-state index in [9.17, 15) is 13.2 Å². The van der Waals surface area contributed by atoms with Crippen LogP contribution in [-0.4, -0.2) is 36.8 Å². The average molecular weight is 449 g/mol. The van der Waals surface area contributed by atoms with Gasteiger partial charge in [-0.2, -0.15) is 4.98 Å². The molecule has 0 aliphatic carbocycles. The molecule has 158 valence electrons. The van der Waals surface area contributed by atoms with E-state index in [1.54, 1.807) is 48.5 Å². The lowest BCUT2D eigenvalue weighted by atomic mass is 10.2. The Kier molecular flexibility index (Phi) is 6.42. The number of rotatable bonds is 7. The molecule has 8 nitrogen and oxygen atoms in total. The van der Waals surface area contributed by atoms with E-state index in [0.29, 0.717) is 22.1 Å². The van der Waals surface area contributed by atoms with Gasteiger partial charge in [-0.15, -0.1) is 0 Å². The fraction of sp³-hybridized carbons (Fsp3) is 0.250. The molecular weight excluding hydrogens is 428 g/mol. The summed E-state index contributed by atoms with van der Waals surface area (Å²) in [5.74, 6) is -0.0273. The van der Waals surface area contributed by atoms with Gasteiger partial charge in [0.05, 0.1) is 23.5 Å². The van der Waals surface area contributed by atoms with Crippen LogP contribution in [0, 0.1) is 6.92 Å². The van der Waals surface area contributed by atoms with E-state index >= 15 is 0 Å².